The second-order valence-corrected chi connectivity index (χ2v) is 3.43. The molecule has 0 fully saturated rings. The number of hydrogen-bond acceptors (Lipinski definition) is 4. The average molecular weight is 242 g/mol. The summed E-state index contributed by atoms with van der Waals surface area (Å²) in [6, 6.07) is 2.74. The van der Waals surface area contributed by atoms with E-state index in [9.17, 15) is 10.1 Å². The lowest BCUT2D eigenvalue weighted by molar-refractivity contribution is -0.384. The van der Waals surface area contributed by atoms with Crippen molar-refractivity contribution >= 4 is 23.1 Å². The zero-order valence-corrected chi connectivity index (χ0v) is 9.57. The maximum Gasteiger partial charge on any atom is 0.311 e. The zero-order valence-electron chi connectivity index (χ0n) is 8.81. The number of hydrogen-bond donors (Lipinski definition) is 1. The fourth-order valence-corrected chi connectivity index (χ4v) is 1.29. The molecule has 0 saturated carbocycles. The molecular formula is C10H12ClN3O2. The Bertz CT molecular complexity index is 407. The summed E-state index contributed by atoms with van der Waals surface area (Å²) in [5.41, 5.74) is -0.0649. The van der Waals surface area contributed by atoms with Crippen molar-refractivity contribution in [2.75, 3.05) is 11.9 Å². The molecule has 0 amide bonds. The molecule has 0 spiro atoms. The lowest BCUT2D eigenvalue weighted by Crippen LogP contribution is -2.05. The molecule has 1 aromatic rings. The van der Waals surface area contributed by atoms with Gasteiger partial charge in [-0.15, -0.1) is 0 Å². The Morgan fingerprint density at radius 3 is 3.00 bits per heavy atom. The van der Waals surface area contributed by atoms with E-state index in [-0.39, 0.29) is 16.7 Å². The quantitative estimate of drug-likeness (QED) is 0.283. The predicted molar refractivity (Wildman–Crippen MR) is 63.8 cm³/mol. The van der Waals surface area contributed by atoms with Crippen LogP contribution in [0.3, 0.4) is 0 Å². The molecule has 1 N–H and O–H groups in total. The molecule has 6 heteroatoms. The molecule has 0 aromatic carbocycles. The maximum atomic E-state index is 10.7. The molecule has 0 atom stereocenters. The molecule has 1 heterocycles. The summed E-state index contributed by atoms with van der Waals surface area (Å²) in [5, 5.41) is 13.8. The molecule has 0 unspecified atom stereocenters. The highest BCUT2D eigenvalue weighted by Gasteiger charge is 2.14. The van der Waals surface area contributed by atoms with E-state index in [1.807, 2.05) is 19.1 Å². The van der Waals surface area contributed by atoms with Crippen LogP contribution in [0, 0.1) is 10.1 Å². The molecule has 0 aliphatic rings. The van der Waals surface area contributed by atoms with Gasteiger partial charge in [0.2, 0.25) is 5.82 Å². The number of nitro groups is 1. The average Bonchev–Trinajstić information content (AvgIpc) is 2.24. The first-order valence-corrected chi connectivity index (χ1v) is 5.19. The van der Waals surface area contributed by atoms with Crippen molar-refractivity contribution in [2.24, 2.45) is 0 Å². The number of aromatic nitrogens is 1. The molecule has 0 bridgehead atoms. The van der Waals surface area contributed by atoms with E-state index in [4.69, 9.17) is 11.6 Å². The van der Waals surface area contributed by atoms with Gasteiger partial charge in [0, 0.05) is 12.6 Å². The molecule has 86 valence electrons. The number of halogens is 1. The van der Waals surface area contributed by atoms with E-state index in [0.717, 1.165) is 6.42 Å². The second kappa shape index (κ2) is 6.07. The van der Waals surface area contributed by atoms with Crippen molar-refractivity contribution < 1.29 is 4.92 Å². The molecule has 5 nitrogen and oxygen atoms in total. The molecule has 1 rings (SSSR count). The highest BCUT2D eigenvalue weighted by Crippen LogP contribution is 2.23. The van der Waals surface area contributed by atoms with Crippen molar-refractivity contribution in [3.05, 3.63) is 39.6 Å². The van der Waals surface area contributed by atoms with Gasteiger partial charge in [0.25, 0.3) is 0 Å². The summed E-state index contributed by atoms with van der Waals surface area (Å²) in [4.78, 5) is 14.1. The standard InChI is InChI=1S/C10H12ClN3O2/c1-2-3-4-7-12-10-8(14(15)16)5-6-9(11)13-10/h2-3,5-6H,4,7H2,1H3,(H,12,13)/b3-2+. The van der Waals surface area contributed by atoms with Crippen LogP contribution in [0.5, 0.6) is 0 Å². The maximum absolute atomic E-state index is 10.7. The van der Waals surface area contributed by atoms with E-state index < -0.39 is 4.92 Å². The highest BCUT2D eigenvalue weighted by molar-refractivity contribution is 6.29. The SMILES string of the molecule is C/C=C/CCNc1nc(Cl)ccc1[N+](=O)[O-]. The summed E-state index contributed by atoms with van der Waals surface area (Å²) in [6.07, 6.45) is 4.66. The first-order chi connectivity index (χ1) is 7.65. The third-order valence-corrected chi connectivity index (χ3v) is 2.09. The molecule has 0 radical (unpaired) electrons. The van der Waals surface area contributed by atoms with E-state index in [1.54, 1.807) is 0 Å². The molecular weight excluding hydrogens is 230 g/mol. The summed E-state index contributed by atoms with van der Waals surface area (Å²) in [7, 11) is 0. The van der Waals surface area contributed by atoms with Crippen LogP contribution in [-0.4, -0.2) is 16.5 Å². The topological polar surface area (TPSA) is 68.1 Å². The lowest BCUT2D eigenvalue weighted by Gasteiger charge is -2.04. The van der Waals surface area contributed by atoms with Gasteiger partial charge in [0.15, 0.2) is 0 Å². The van der Waals surface area contributed by atoms with Crippen LogP contribution in [0.15, 0.2) is 24.3 Å². The normalized spacial score (nSPS) is 10.6. The summed E-state index contributed by atoms with van der Waals surface area (Å²) >= 11 is 5.67. The fraction of sp³-hybridized carbons (Fsp3) is 0.300. The Balaban J connectivity index is 2.76. The number of nitrogens with one attached hydrogen (secondary N) is 1. The lowest BCUT2D eigenvalue weighted by atomic mass is 10.3. The van der Waals surface area contributed by atoms with Gasteiger partial charge in [-0.05, 0) is 19.4 Å². The van der Waals surface area contributed by atoms with Crippen molar-refractivity contribution in [2.45, 2.75) is 13.3 Å². The van der Waals surface area contributed by atoms with Crippen molar-refractivity contribution in [1.29, 1.82) is 0 Å². The number of rotatable bonds is 5. The minimum absolute atomic E-state index is 0.0649. The van der Waals surface area contributed by atoms with E-state index >= 15 is 0 Å². The van der Waals surface area contributed by atoms with Crippen molar-refractivity contribution in [3.63, 3.8) is 0 Å². The van der Waals surface area contributed by atoms with Crippen LogP contribution in [0.4, 0.5) is 11.5 Å². The molecule has 0 aliphatic heterocycles. The Morgan fingerprint density at radius 2 is 2.38 bits per heavy atom. The molecule has 1 aromatic heterocycles. The smallest absolute Gasteiger partial charge is 0.311 e. The van der Waals surface area contributed by atoms with Gasteiger partial charge < -0.3 is 5.32 Å². The van der Waals surface area contributed by atoms with E-state index in [2.05, 4.69) is 10.3 Å². The first kappa shape index (κ1) is 12.4. The third-order valence-electron chi connectivity index (χ3n) is 1.88. The van der Waals surface area contributed by atoms with Gasteiger partial charge in [-0.1, -0.05) is 23.8 Å². The Hall–Kier alpha value is -1.62. The van der Waals surface area contributed by atoms with Crippen LogP contribution >= 0.6 is 11.6 Å². The number of nitrogens with zero attached hydrogens (tertiary/aromatic N) is 2. The Morgan fingerprint density at radius 1 is 1.62 bits per heavy atom. The van der Waals surface area contributed by atoms with E-state index in [1.165, 1.54) is 12.1 Å². The monoisotopic (exact) mass is 241 g/mol. The first-order valence-electron chi connectivity index (χ1n) is 4.81. The fourth-order valence-electron chi connectivity index (χ4n) is 1.15. The van der Waals surface area contributed by atoms with Crippen LogP contribution in [0.25, 0.3) is 0 Å². The molecule has 0 saturated heterocycles. The number of allylic oxidation sites excluding steroid dienone is 1. The summed E-state index contributed by atoms with van der Waals surface area (Å²) < 4.78 is 0. The number of anilines is 1. The molecule has 0 aliphatic carbocycles. The zero-order chi connectivity index (χ0) is 12.0. The Kier molecular flexibility index (Phi) is 4.72. The largest absolute Gasteiger partial charge is 0.364 e. The van der Waals surface area contributed by atoms with Gasteiger partial charge in [-0.25, -0.2) is 4.98 Å². The minimum Gasteiger partial charge on any atom is -0.364 e. The van der Waals surface area contributed by atoms with Crippen LogP contribution in [0.1, 0.15) is 13.3 Å². The van der Waals surface area contributed by atoms with Crippen LogP contribution in [0.2, 0.25) is 5.15 Å². The van der Waals surface area contributed by atoms with Gasteiger partial charge in [-0.3, -0.25) is 10.1 Å². The predicted octanol–water partition coefficient (Wildman–Crippen LogP) is 3.02. The van der Waals surface area contributed by atoms with Crippen molar-refractivity contribution in [1.82, 2.24) is 4.98 Å². The van der Waals surface area contributed by atoms with Crippen LogP contribution in [-0.2, 0) is 0 Å². The molecule has 16 heavy (non-hydrogen) atoms. The summed E-state index contributed by atoms with van der Waals surface area (Å²) in [5.74, 6) is 0.210. The number of pyridine rings is 1. The van der Waals surface area contributed by atoms with Gasteiger partial charge in [0.1, 0.15) is 5.15 Å². The van der Waals surface area contributed by atoms with Crippen molar-refractivity contribution in [3.8, 4) is 0 Å². The van der Waals surface area contributed by atoms with Gasteiger partial charge in [-0.2, -0.15) is 0 Å². The van der Waals surface area contributed by atoms with E-state index in [0.29, 0.717) is 6.54 Å². The third kappa shape index (κ3) is 3.51. The van der Waals surface area contributed by atoms with Gasteiger partial charge >= 0.3 is 5.69 Å². The Labute approximate surface area is 98.3 Å². The minimum atomic E-state index is -0.485. The second-order valence-electron chi connectivity index (χ2n) is 3.04. The summed E-state index contributed by atoms with van der Waals surface area (Å²) in [6.45, 7) is 2.50. The highest BCUT2D eigenvalue weighted by atomic mass is 35.5. The van der Waals surface area contributed by atoms with Gasteiger partial charge in [0.05, 0.1) is 4.92 Å². The van der Waals surface area contributed by atoms with Crippen LogP contribution < -0.4 is 5.32 Å².